The first-order valence-corrected chi connectivity index (χ1v) is 11.7. The highest BCUT2D eigenvalue weighted by Gasteiger charge is 2.25. The van der Waals surface area contributed by atoms with Gasteiger partial charge in [-0.1, -0.05) is 54.6 Å². The van der Waals surface area contributed by atoms with Crippen molar-refractivity contribution in [3.63, 3.8) is 0 Å². The zero-order valence-corrected chi connectivity index (χ0v) is 17.4. The Morgan fingerprint density at radius 2 is 1.50 bits per heavy atom. The van der Waals surface area contributed by atoms with E-state index in [9.17, 15) is 13.2 Å². The van der Waals surface area contributed by atoms with Gasteiger partial charge in [-0.25, -0.2) is 8.42 Å². The molecule has 6 heteroatoms. The predicted molar refractivity (Wildman–Crippen MR) is 121 cm³/mol. The van der Waals surface area contributed by atoms with Crippen LogP contribution in [0.5, 0.6) is 0 Å². The van der Waals surface area contributed by atoms with E-state index < -0.39 is 10.0 Å². The lowest BCUT2D eigenvalue weighted by molar-refractivity contribution is -0.115. The van der Waals surface area contributed by atoms with Crippen molar-refractivity contribution < 1.29 is 13.2 Å². The number of benzene rings is 3. The average molecular weight is 421 g/mol. The number of carbonyl (C=O) groups excluding carboxylic acids is 1. The number of hydrogen-bond acceptors (Lipinski definition) is 3. The van der Waals surface area contributed by atoms with Gasteiger partial charge in [-0.15, -0.1) is 0 Å². The van der Waals surface area contributed by atoms with Crippen LogP contribution in [0.15, 0.2) is 78.9 Å². The van der Waals surface area contributed by atoms with Gasteiger partial charge in [-0.2, -0.15) is 0 Å². The fraction of sp³-hybridized carbons (Fsp3) is 0.208. The van der Waals surface area contributed by atoms with Gasteiger partial charge in [0.15, 0.2) is 0 Å². The molecule has 5 nitrogen and oxygen atoms in total. The SMILES string of the molecule is O=C(Cc1ccc(-c2ccccc2)cc1)Nc1ccc(N2CCCCS2(=O)=O)cc1. The van der Waals surface area contributed by atoms with E-state index in [0.717, 1.165) is 23.1 Å². The maximum Gasteiger partial charge on any atom is 0.235 e. The molecule has 0 saturated carbocycles. The summed E-state index contributed by atoms with van der Waals surface area (Å²) in [7, 11) is -3.23. The number of anilines is 2. The van der Waals surface area contributed by atoms with Crippen molar-refractivity contribution in [2.45, 2.75) is 19.3 Å². The summed E-state index contributed by atoms with van der Waals surface area (Å²) in [4.78, 5) is 12.4. The minimum atomic E-state index is -3.23. The molecule has 30 heavy (non-hydrogen) atoms. The minimum absolute atomic E-state index is 0.110. The van der Waals surface area contributed by atoms with Crippen LogP contribution in [0.3, 0.4) is 0 Å². The third-order valence-electron chi connectivity index (χ3n) is 5.21. The standard InChI is InChI=1S/C24H24N2O3S/c27-24(18-19-8-10-21(11-9-19)20-6-2-1-3-7-20)25-22-12-14-23(15-13-22)26-16-4-5-17-30(26,28)29/h1-3,6-15H,4-5,16-18H2,(H,25,27). The molecule has 0 radical (unpaired) electrons. The van der Waals surface area contributed by atoms with Crippen molar-refractivity contribution in [3.05, 3.63) is 84.4 Å². The van der Waals surface area contributed by atoms with Gasteiger partial charge in [-0.05, 0) is 53.8 Å². The van der Waals surface area contributed by atoms with Gasteiger partial charge in [0.1, 0.15) is 0 Å². The van der Waals surface area contributed by atoms with Crippen LogP contribution >= 0.6 is 0 Å². The summed E-state index contributed by atoms with van der Waals surface area (Å²) >= 11 is 0. The van der Waals surface area contributed by atoms with Gasteiger partial charge in [-0.3, -0.25) is 9.10 Å². The van der Waals surface area contributed by atoms with Crippen molar-refractivity contribution in [1.82, 2.24) is 0 Å². The molecular weight excluding hydrogens is 396 g/mol. The van der Waals surface area contributed by atoms with Crippen LogP contribution in [0, 0.1) is 0 Å². The fourth-order valence-corrected chi connectivity index (χ4v) is 5.27. The summed E-state index contributed by atoms with van der Waals surface area (Å²) in [5.41, 5.74) is 4.48. The number of amides is 1. The Hall–Kier alpha value is -3.12. The molecule has 154 valence electrons. The van der Waals surface area contributed by atoms with Gasteiger partial charge < -0.3 is 5.32 Å². The number of nitrogens with zero attached hydrogens (tertiary/aromatic N) is 1. The van der Waals surface area contributed by atoms with Gasteiger partial charge in [0, 0.05) is 12.2 Å². The van der Waals surface area contributed by atoms with Gasteiger partial charge in [0.2, 0.25) is 15.9 Å². The second-order valence-corrected chi connectivity index (χ2v) is 9.44. The second-order valence-electron chi connectivity index (χ2n) is 7.43. The lowest BCUT2D eigenvalue weighted by Gasteiger charge is -2.28. The molecule has 3 aromatic carbocycles. The Bertz CT molecular complexity index is 1110. The average Bonchev–Trinajstić information content (AvgIpc) is 2.75. The van der Waals surface area contributed by atoms with Crippen LogP contribution in [0.25, 0.3) is 11.1 Å². The van der Waals surface area contributed by atoms with E-state index in [1.54, 1.807) is 24.3 Å². The molecule has 0 aromatic heterocycles. The summed E-state index contributed by atoms with van der Waals surface area (Å²) in [5.74, 6) is 0.0787. The summed E-state index contributed by atoms with van der Waals surface area (Å²) in [6.07, 6.45) is 1.84. The largest absolute Gasteiger partial charge is 0.326 e. The van der Waals surface area contributed by atoms with Crippen molar-refractivity contribution >= 4 is 27.3 Å². The molecule has 0 unspecified atom stereocenters. The van der Waals surface area contributed by atoms with E-state index in [2.05, 4.69) is 17.4 Å². The third-order valence-corrected chi connectivity index (χ3v) is 7.08. The van der Waals surface area contributed by atoms with E-state index in [1.807, 2.05) is 42.5 Å². The molecule has 0 aliphatic carbocycles. The van der Waals surface area contributed by atoms with Crippen LogP contribution < -0.4 is 9.62 Å². The van der Waals surface area contributed by atoms with Crippen LogP contribution in [0.2, 0.25) is 0 Å². The summed E-state index contributed by atoms with van der Waals surface area (Å²) < 4.78 is 25.9. The molecule has 0 spiro atoms. The minimum Gasteiger partial charge on any atom is -0.326 e. The predicted octanol–water partition coefficient (Wildman–Crippen LogP) is 4.46. The summed E-state index contributed by atoms with van der Waals surface area (Å²) in [6, 6.07) is 25.1. The highest BCUT2D eigenvalue weighted by Crippen LogP contribution is 2.25. The van der Waals surface area contributed by atoms with Gasteiger partial charge in [0.25, 0.3) is 0 Å². The Kier molecular flexibility index (Phi) is 5.86. The van der Waals surface area contributed by atoms with Crippen molar-refractivity contribution in [2.24, 2.45) is 0 Å². The van der Waals surface area contributed by atoms with Crippen molar-refractivity contribution in [1.29, 1.82) is 0 Å². The van der Waals surface area contributed by atoms with E-state index in [0.29, 0.717) is 24.3 Å². The van der Waals surface area contributed by atoms with Gasteiger partial charge >= 0.3 is 0 Å². The lowest BCUT2D eigenvalue weighted by atomic mass is 10.0. The number of hydrogen-bond donors (Lipinski definition) is 1. The molecular formula is C24H24N2O3S. The maximum atomic E-state index is 12.4. The fourth-order valence-electron chi connectivity index (χ4n) is 3.63. The van der Waals surface area contributed by atoms with E-state index in [1.165, 1.54) is 4.31 Å². The Labute approximate surface area is 177 Å². The molecule has 1 amide bonds. The van der Waals surface area contributed by atoms with E-state index in [4.69, 9.17) is 0 Å². The number of sulfonamides is 1. The maximum absolute atomic E-state index is 12.4. The Morgan fingerprint density at radius 1 is 0.833 bits per heavy atom. The number of rotatable bonds is 5. The lowest BCUT2D eigenvalue weighted by Crippen LogP contribution is -2.37. The monoisotopic (exact) mass is 420 g/mol. The van der Waals surface area contributed by atoms with Gasteiger partial charge in [0.05, 0.1) is 17.9 Å². The Morgan fingerprint density at radius 3 is 2.17 bits per heavy atom. The first kappa shape index (κ1) is 20.2. The van der Waals surface area contributed by atoms with Crippen LogP contribution in [0.1, 0.15) is 18.4 Å². The third kappa shape index (κ3) is 4.71. The Balaban J connectivity index is 1.37. The van der Waals surface area contributed by atoms with E-state index >= 15 is 0 Å². The number of carbonyl (C=O) groups is 1. The second kappa shape index (κ2) is 8.71. The first-order valence-electron chi connectivity index (χ1n) is 10.1. The number of nitrogens with one attached hydrogen (secondary N) is 1. The zero-order valence-electron chi connectivity index (χ0n) is 16.6. The molecule has 1 heterocycles. The first-order chi connectivity index (χ1) is 14.5. The van der Waals surface area contributed by atoms with Crippen LogP contribution in [-0.4, -0.2) is 26.6 Å². The van der Waals surface area contributed by atoms with Crippen LogP contribution in [-0.2, 0) is 21.2 Å². The normalized spacial score (nSPS) is 15.5. The molecule has 1 aliphatic heterocycles. The quantitative estimate of drug-likeness (QED) is 0.662. The summed E-state index contributed by atoms with van der Waals surface area (Å²) in [5, 5.41) is 2.88. The highest BCUT2D eigenvalue weighted by molar-refractivity contribution is 7.92. The molecule has 1 fully saturated rings. The molecule has 4 rings (SSSR count). The molecule has 1 aliphatic rings. The molecule has 0 bridgehead atoms. The molecule has 1 saturated heterocycles. The topological polar surface area (TPSA) is 66.5 Å². The molecule has 1 N–H and O–H groups in total. The zero-order chi connectivity index (χ0) is 21.0. The molecule has 0 atom stereocenters. The van der Waals surface area contributed by atoms with E-state index in [-0.39, 0.29) is 18.1 Å². The van der Waals surface area contributed by atoms with Crippen molar-refractivity contribution in [2.75, 3.05) is 21.9 Å². The van der Waals surface area contributed by atoms with Crippen LogP contribution in [0.4, 0.5) is 11.4 Å². The smallest absolute Gasteiger partial charge is 0.235 e. The van der Waals surface area contributed by atoms with Crippen molar-refractivity contribution in [3.8, 4) is 11.1 Å². The molecule has 3 aromatic rings. The summed E-state index contributed by atoms with van der Waals surface area (Å²) in [6.45, 7) is 0.507. The highest BCUT2D eigenvalue weighted by atomic mass is 32.2.